The van der Waals surface area contributed by atoms with Crippen LogP contribution in [0.25, 0.3) is 0 Å². The topological polar surface area (TPSA) is 65.4 Å². The van der Waals surface area contributed by atoms with Gasteiger partial charge in [-0.25, -0.2) is 0 Å². The van der Waals surface area contributed by atoms with Crippen LogP contribution in [0.5, 0.6) is 0 Å². The van der Waals surface area contributed by atoms with Crippen molar-refractivity contribution in [3.8, 4) is 0 Å². The van der Waals surface area contributed by atoms with Crippen LogP contribution in [0.2, 0.25) is 5.02 Å². The Balaban J connectivity index is 1.77. The summed E-state index contributed by atoms with van der Waals surface area (Å²) in [4.78, 5) is 11.9. The first kappa shape index (κ1) is 14.3. The van der Waals surface area contributed by atoms with Crippen LogP contribution in [-0.4, -0.2) is 48.2 Å². The molecule has 0 radical (unpaired) electrons. The Kier molecular flexibility index (Phi) is 5.18. The SMILES string of the molecule is CO[C@@H]1CCOC[C@H]1NC(=O)CCn1cc(Cl)cn1. The number of nitrogens with one attached hydrogen (secondary N) is 1. The number of carbonyl (C=O) groups excluding carboxylic acids is 1. The first-order chi connectivity index (χ1) is 9.19. The molecule has 2 atom stereocenters. The van der Waals surface area contributed by atoms with Crippen LogP contribution < -0.4 is 5.32 Å². The number of hydrogen-bond donors (Lipinski definition) is 1. The van der Waals surface area contributed by atoms with Gasteiger partial charge in [-0.15, -0.1) is 0 Å². The van der Waals surface area contributed by atoms with Crippen LogP contribution >= 0.6 is 11.6 Å². The van der Waals surface area contributed by atoms with Gasteiger partial charge in [-0.05, 0) is 6.42 Å². The molecular formula is C12H18ClN3O3. The molecule has 1 aliphatic rings. The number of nitrogens with zero attached hydrogens (tertiary/aromatic N) is 2. The highest BCUT2D eigenvalue weighted by Gasteiger charge is 2.26. The van der Waals surface area contributed by atoms with Gasteiger partial charge in [-0.2, -0.15) is 5.10 Å². The zero-order valence-corrected chi connectivity index (χ0v) is 11.6. The minimum Gasteiger partial charge on any atom is -0.379 e. The molecule has 0 spiro atoms. The number of carbonyl (C=O) groups is 1. The number of halogens is 1. The number of hydrogen-bond acceptors (Lipinski definition) is 4. The predicted octanol–water partition coefficient (Wildman–Crippen LogP) is 0.847. The third kappa shape index (κ3) is 4.19. The van der Waals surface area contributed by atoms with E-state index >= 15 is 0 Å². The van der Waals surface area contributed by atoms with E-state index in [-0.39, 0.29) is 18.1 Å². The zero-order valence-electron chi connectivity index (χ0n) is 10.8. The number of amides is 1. The van der Waals surface area contributed by atoms with Crippen LogP contribution in [0.1, 0.15) is 12.8 Å². The molecule has 0 saturated carbocycles. The summed E-state index contributed by atoms with van der Waals surface area (Å²) in [5, 5.41) is 7.52. The highest BCUT2D eigenvalue weighted by Crippen LogP contribution is 2.11. The lowest BCUT2D eigenvalue weighted by atomic mass is 10.1. The quantitative estimate of drug-likeness (QED) is 0.872. The molecule has 0 bridgehead atoms. The second-order valence-corrected chi connectivity index (χ2v) is 4.92. The average molecular weight is 288 g/mol. The molecule has 1 aromatic heterocycles. The van der Waals surface area contributed by atoms with Gasteiger partial charge in [0, 0.05) is 32.9 Å². The van der Waals surface area contributed by atoms with E-state index < -0.39 is 0 Å². The van der Waals surface area contributed by atoms with Gasteiger partial charge < -0.3 is 14.8 Å². The summed E-state index contributed by atoms with van der Waals surface area (Å²) >= 11 is 5.75. The van der Waals surface area contributed by atoms with E-state index in [4.69, 9.17) is 21.1 Å². The minimum atomic E-state index is -0.0764. The number of aryl methyl sites for hydroxylation is 1. The summed E-state index contributed by atoms with van der Waals surface area (Å²) in [6.45, 7) is 1.68. The Morgan fingerprint density at radius 1 is 1.74 bits per heavy atom. The first-order valence-electron chi connectivity index (χ1n) is 6.27. The van der Waals surface area contributed by atoms with Crippen LogP contribution in [0.15, 0.2) is 12.4 Å². The fraction of sp³-hybridized carbons (Fsp3) is 0.667. The molecular weight excluding hydrogens is 270 g/mol. The Bertz CT molecular complexity index is 424. The van der Waals surface area contributed by atoms with Crippen LogP contribution in [0.3, 0.4) is 0 Å². The van der Waals surface area contributed by atoms with E-state index in [0.29, 0.717) is 31.2 Å². The van der Waals surface area contributed by atoms with Gasteiger partial charge in [0.25, 0.3) is 0 Å². The van der Waals surface area contributed by atoms with E-state index in [0.717, 1.165) is 6.42 Å². The summed E-state index contributed by atoms with van der Waals surface area (Å²) in [6, 6.07) is -0.0764. The Morgan fingerprint density at radius 2 is 2.58 bits per heavy atom. The highest BCUT2D eigenvalue weighted by molar-refractivity contribution is 6.30. The number of rotatable bonds is 5. The Morgan fingerprint density at radius 3 is 3.26 bits per heavy atom. The summed E-state index contributed by atoms with van der Waals surface area (Å²) in [5.74, 6) is -0.0378. The third-order valence-corrected chi connectivity index (χ3v) is 3.31. The number of methoxy groups -OCH3 is 1. The third-order valence-electron chi connectivity index (χ3n) is 3.11. The van der Waals surface area contributed by atoms with Gasteiger partial charge in [0.2, 0.25) is 5.91 Å². The van der Waals surface area contributed by atoms with E-state index in [9.17, 15) is 4.79 Å². The number of ether oxygens (including phenoxy) is 2. The van der Waals surface area contributed by atoms with E-state index in [1.165, 1.54) is 0 Å². The van der Waals surface area contributed by atoms with E-state index in [2.05, 4.69) is 10.4 Å². The summed E-state index contributed by atoms with van der Waals surface area (Å²) in [5.41, 5.74) is 0. The smallest absolute Gasteiger partial charge is 0.222 e. The van der Waals surface area contributed by atoms with Gasteiger partial charge >= 0.3 is 0 Å². The highest BCUT2D eigenvalue weighted by atomic mass is 35.5. The molecule has 0 aliphatic carbocycles. The first-order valence-corrected chi connectivity index (χ1v) is 6.64. The molecule has 1 N–H and O–H groups in total. The Hall–Kier alpha value is -1.11. The van der Waals surface area contributed by atoms with Crippen LogP contribution in [-0.2, 0) is 20.8 Å². The van der Waals surface area contributed by atoms with Crippen LogP contribution in [0.4, 0.5) is 0 Å². The monoisotopic (exact) mass is 287 g/mol. The summed E-state index contributed by atoms with van der Waals surface area (Å²) < 4.78 is 12.3. The van der Waals surface area contributed by atoms with Crippen molar-refractivity contribution in [2.24, 2.45) is 0 Å². The second kappa shape index (κ2) is 6.88. The van der Waals surface area contributed by atoms with Gasteiger partial charge in [0.15, 0.2) is 0 Å². The summed E-state index contributed by atoms with van der Waals surface area (Å²) in [6.07, 6.45) is 4.42. The largest absolute Gasteiger partial charge is 0.379 e. The van der Waals surface area contributed by atoms with Crippen molar-refractivity contribution < 1.29 is 14.3 Å². The van der Waals surface area contributed by atoms with Crippen molar-refractivity contribution in [2.45, 2.75) is 31.5 Å². The standard InChI is InChI=1S/C12H18ClN3O3/c1-18-11-3-5-19-8-10(11)15-12(17)2-4-16-7-9(13)6-14-16/h6-7,10-11H,2-5,8H2,1H3,(H,15,17)/t10-,11-/m1/s1. The molecule has 0 unspecified atom stereocenters. The predicted molar refractivity (Wildman–Crippen MR) is 70.0 cm³/mol. The van der Waals surface area contributed by atoms with E-state index in [1.807, 2.05) is 0 Å². The fourth-order valence-electron chi connectivity index (χ4n) is 2.09. The maximum absolute atomic E-state index is 11.9. The maximum Gasteiger partial charge on any atom is 0.222 e. The molecule has 7 heteroatoms. The number of aromatic nitrogens is 2. The van der Waals surface area contributed by atoms with Crippen molar-refractivity contribution in [1.82, 2.24) is 15.1 Å². The fourth-order valence-corrected chi connectivity index (χ4v) is 2.25. The molecule has 1 aromatic rings. The van der Waals surface area contributed by atoms with Crippen molar-refractivity contribution >= 4 is 17.5 Å². The lowest BCUT2D eigenvalue weighted by Crippen LogP contribution is -2.50. The summed E-state index contributed by atoms with van der Waals surface area (Å²) in [7, 11) is 1.65. The second-order valence-electron chi connectivity index (χ2n) is 4.48. The van der Waals surface area contributed by atoms with Crippen LogP contribution in [0, 0.1) is 0 Å². The normalized spacial score (nSPS) is 23.3. The Labute approximate surface area is 117 Å². The molecule has 2 rings (SSSR count). The van der Waals surface area contributed by atoms with Crippen molar-refractivity contribution in [3.05, 3.63) is 17.4 Å². The van der Waals surface area contributed by atoms with Gasteiger partial charge in [0.05, 0.1) is 30.0 Å². The minimum absolute atomic E-state index is 0.0249. The average Bonchev–Trinajstić information content (AvgIpc) is 2.83. The van der Waals surface area contributed by atoms with Gasteiger partial charge in [-0.3, -0.25) is 9.48 Å². The molecule has 2 heterocycles. The zero-order chi connectivity index (χ0) is 13.7. The lowest BCUT2D eigenvalue weighted by Gasteiger charge is -2.31. The van der Waals surface area contributed by atoms with E-state index in [1.54, 1.807) is 24.2 Å². The van der Waals surface area contributed by atoms with Crippen molar-refractivity contribution in [2.75, 3.05) is 20.3 Å². The van der Waals surface area contributed by atoms with Gasteiger partial charge in [0.1, 0.15) is 0 Å². The molecule has 19 heavy (non-hydrogen) atoms. The van der Waals surface area contributed by atoms with Crippen molar-refractivity contribution in [3.63, 3.8) is 0 Å². The maximum atomic E-state index is 11.9. The van der Waals surface area contributed by atoms with Crippen molar-refractivity contribution in [1.29, 1.82) is 0 Å². The molecule has 1 aliphatic heterocycles. The molecule has 6 nitrogen and oxygen atoms in total. The lowest BCUT2D eigenvalue weighted by molar-refractivity contribution is -0.125. The molecule has 0 aromatic carbocycles. The molecule has 1 amide bonds. The van der Waals surface area contributed by atoms with Gasteiger partial charge in [-0.1, -0.05) is 11.6 Å². The molecule has 106 valence electrons. The molecule has 1 saturated heterocycles. The molecule has 1 fully saturated rings.